The summed E-state index contributed by atoms with van der Waals surface area (Å²) in [5.74, 6) is -0.278. The third-order valence-corrected chi connectivity index (χ3v) is 9.39. The lowest BCUT2D eigenvalue weighted by molar-refractivity contribution is -0.274. The molecule has 0 bridgehead atoms. The summed E-state index contributed by atoms with van der Waals surface area (Å²) in [6.07, 6.45) is 1.76. The second-order valence-electron chi connectivity index (χ2n) is 12.4. The molecule has 0 unspecified atom stereocenters. The quantitative estimate of drug-likeness (QED) is 0.339. The molecule has 2 heterocycles. The molecule has 2 aliphatic heterocycles. The largest absolute Gasteiger partial charge is 0.573 e. The minimum Gasteiger partial charge on any atom is -0.445 e. The fraction of sp³-hybridized carbons (Fsp3) is 0.529. The van der Waals surface area contributed by atoms with Crippen LogP contribution in [0, 0.1) is 11.8 Å². The van der Waals surface area contributed by atoms with Gasteiger partial charge in [0.1, 0.15) is 18.0 Å². The maximum absolute atomic E-state index is 13.4. The van der Waals surface area contributed by atoms with Crippen LogP contribution in [-0.4, -0.2) is 83.5 Å². The molecular weight excluding hydrogens is 587 g/mol. The number of piperidine rings is 1. The van der Waals surface area contributed by atoms with Gasteiger partial charge < -0.3 is 29.3 Å². The van der Waals surface area contributed by atoms with Gasteiger partial charge in [0.05, 0.1) is 6.54 Å². The predicted molar refractivity (Wildman–Crippen MR) is 162 cm³/mol. The smallest absolute Gasteiger partial charge is 0.445 e. The Hall–Kier alpha value is -3.57. The third kappa shape index (κ3) is 8.18. The summed E-state index contributed by atoms with van der Waals surface area (Å²) in [6.45, 7) is 6.86. The predicted octanol–water partition coefficient (Wildman–Crippen LogP) is 5.71. The number of halogens is 3. The molecule has 3 aliphatic rings. The van der Waals surface area contributed by atoms with Gasteiger partial charge in [0.2, 0.25) is 5.91 Å². The first-order valence-corrected chi connectivity index (χ1v) is 15.7. The van der Waals surface area contributed by atoms with Crippen molar-refractivity contribution in [1.29, 1.82) is 0 Å². The minimum atomic E-state index is -4.77. The summed E-state index contributed by atoms with van der Waals surface area (Å²) in [5, 5.41) is 12.1. The van der Waals surface area contributed by atoms with Gasteiger partial charge in [-0.2, -0.15) is 0 Å². The van der Waals surface area contributed by atoms with E-state index < -0.39 is 18.1 Å². The number of hydrogen-bond acceptors (Lipinski definition) is 6. The van der Waals surface area contributed by atoms with Crippen molar-refractivity contribution in [2.75, 3.05) is 39.3 Å². The molecule has 1 aliphatic carbocycles. The molecule has 0 radical (unpaired) electrons. The Morgan fingerprint density at radius 2 is 1.69 bits per heavy atom. The molecule has 45 heavy (non-hydrogen) atoms. The molecule has 2 atom stereocenters. The van der Waals surface area contributed by atoms with E-state index in [2.05, 4.69) is 16.2 Å². The van der Waals surface area contributed by atoms with Crippen molar-refractivity contribution in [3.63, 3.8) is 0 Å². The number of carbonyl (C=O) groups excluding carboxylic acids is 2. The number of aliphatic hydroxyl groups is 1. The Morgan fingerprint density at radius 3 is 2.31 bits per heavy atom. The van der Waals surface area contributed by atoms with Crippen molar-refractivity contribution >= 4 is 12.0 Å². The van der Waals surface area contributed by atoms with E-state index in [1.165, 1.54) is 24.3 Å². The molecule has 3 fully saturated rings. The second kappa shape index (κ2) is 14.2. The first kappa shape index (κ1) is 32.8. The molecule has 2 amide bonds. The van der Waals surface area contributed by atoms with E-state index >= 15 is 0 Å². The van der Waals surface area contributed by atoms with E-state index in [1.807, 2.05) is 35.2 Å². The summed E-state index contributed by atoms with van der Waals surface area (Å²) in [6, 6.07) is 14.8. The van der Waals surface area contributed by atoms with Gasteiger partial charge in [-0.1, -0.05) is 61.4 Å². The molecule has 1 saturated carbocycles. The highest BCUT2D eigenvalue weighted by atomic mass is 19.4. The summed E-state index contributed by atoms with van der Waals surface area (Å²) >= 11 is 0. The Kier molecular flexibility index (Phi) is 10.4. The molecule has 0 spiro atoms. The number of likely N-dealkylation sites (tertiary alicyclic amines) is 2. The van der Waals surface area contributed by atoms with Gasteiger partial charge in [0.25, 0.3) is 0 Å². The summed E-state index contributed by atoms with van der Waals surface area (Å²) in [7, 11) is 0. The molecule has 8 nitrogen and oxygen atoms in total. The van der Waals surface area contributed by atoms with Gasteiger partial charge in [-0.05, 0) is 48.9 Å². The molecule has 0 aromatic heterocycles. The van der Waals surface area contributed by atoms with Crippen molar-refractivity contribution in [2.24, 2.45) is 11.8 Å². The number of rotatable bonds is 10. The van der Waals surface area contributed by atoms with Crippen LogP contribution in [0.15, 0.2) is 67.3 Å². The number of amides is 2. The van der Waals surface area contributed by atoms with Gasteiger partial charge in [0.15, 0.2) is 0 Å². The minimum absolute atomic E-state index is 0.0536. The molecule has 1 N–H and O–H groups in total. The highest BCUT2D eigenvalue weighted by Crippen LogP contribution is 2.40. The number of nitrogens with zero attached hydrogens (tertiary/aromatic N) is 3. The van der Waals surface area contributed by atoms with Gasteiger partial charge in [-0.25, -0.2) is 4.79 Å². The average molecular weight is 630 g/mol. The summed E-state index contributed by atoms with van der Waals surface area (Å²) in [4.78, 5) is 32.2. The maximum Gasteiger partial charge on any atom is 0.573 e. The lowest BCUT2D eigenvalue weighted by atomic mass is 9.83. The molecular formula is C34H42F3N3O5. The van der Waals surface area contributed by atoms with E-state index in [0.29, 0.717) is 57.7 Å². The number of carbonyl (C=O) groups is 2. The van der Waals surface area contributed by atoms with Crippen molar-refractivity contribution < 1.29 is 37.3 Å². The zero-order chi connectivity index (χ0) is 32.0. The molecule has 2 saturated heterocycles. The molecule has 5 rings (SSSR count). The molecule has 11 heteroatoms. The van der Waals surface area contributed by atoms with Crippen LogP contribution in [0.5, 0.6) is 5.75 Å². The fourth-order valence-corrected chi connectivity index (χ4v) is 7.02. The van der Waals surface area contributed by atoms with E-state index in [-0.39, 0.29) is 36.1 Å². The van der Waals surface area contributed by atoms with Crippen LogP contribution in [0.4, 0.5) is 18.0 Å². The zero-order valence-electron chi connectivity index (χ0n) is 25.5. The summed E-state index contributed by atoms with van der Waals surface area (Å²) < 4.78 is 46.7. The summed E-state index contributed by atoms with van der Waals surface area (Å²) in [5.41, 5.74) is 0.227. The second-order valence-corrected chi connectivity index (χ2v) is 12.4. The SMILES string of the molecule is C=CCN(C(=O)OCc1ccc(OC(F)(F)F)cc1)C1CCN(C[C@H]2CN(C(=O)C3CCCC3)C[C@]2(O)c2ccccc2)CC1. The number of ether oxygens (including phenoxy) is 2. The van der Waals surface area contributed by atoms with Crippen molar-refractivity contribution in [1.82, 2.24) is 14.7 Å². The van der Waals surface area contributed by atoms with Crippen LogP contribution >= 0.6 is 0 Å². The Balaban J connectivity index is 1.17. The van der Waals surface area contributed by atoms with E-state index in [4.69, 9.17) is 4.74 Å². The van der Waals surface area contributed by atoms with E-state index in [0.717, 1.165) is 31.2 Å². The number of hydrogen-bond donors (Lipinski definition) is 1. The average Bonchev–Trinajstić information content (AvgIpc) is 3.68. The highest BCUT2D eigenvalue weighted by molar-refractivity contribution is 5.79. The van der Waals surface area contributed by atoms with Gasteiger partial charge in [-0.15, -0.1) is 19.8 Å². The monoisotopic (exact) mass is 629 g/mol. The van der Waals surface area contributed by atoms with E-state index in [9.17, 15) is 27.9 Å². The van der Waals surface area contributed by atoms with Crippen LogP contribution in [0.1, 0.15) is 49.7 Å². The number of benzene rings is 2. The fourth-order valence-electron chi connectivity index (χ4n) is 7.02. The molecule has 2 aromatic rings. The number of β-amino-alcohol motifs (C(OH)–C–C–N with tert-alkyl or cyclic N) is 1. The van der Waals surface area contributed by atoms with Crippen LogP contribution in [0.2, 0.25) is 0 Å². The molecule has 2 aromatic carbocycles. The van der Waals surface area contributed by atoms with Crippen LogP contribution < -0.4 is 4.74 Å². The Morgan fingerprint density at radius 1 is 1.02 bits per heavy atom. The maximum atomic E-state index is 13.4. The van der Waals surface area contributed by atoms with Gasteiger partial charge >= 0.3 is 12.5 Å². The van der Waals surface area contributed by atoms with Crippen LogP contribution in [0.3, 0.4) is 0 Å². The first-order valence-electron chi connectivity index (χ1n) is 15.7. The first-order chi connectivity index (χ1) is 21.6. The van der Waals surface area contributed by atoms with Gasteiger partial charge in [-0.3, -0.25) is 4.79 Å². The van der Waals surface area contributed by atoms with E-state index in [1.54, 1.807) is 11.0 Å². The lowest BCUT2D eigenvalue weighted by Gasteiger charge is -2.40. The topological polar surface area (TPSA) is 82.6 Å². The van der Waals surface area contributed by atoms with Crippen LogP contribution in [-0.2, 0) is 21.7 Å². The van der Waals surface area contributed by atoms with Crippen molar-refractivity contribution in [3.05, 3.63) is 78.4 Å². The highest BCUT2D eigenvalue weighted by Gasteiger charge is 2.49. The van der Waals surface area contributed by atoms with Crippen molar-refractivity contribution in [2.45, 2.75) is 63.1 Å². The van der Waals surface area contributed by atoms with Crippen LogP contribution in [0.25, 0.3) is 0 Å². The number of alkyl halides is 3. The lowest BCUT2D eigenvalue weighted by Crippen LogP contribution is -2.50. The van der Waals surface area contributed by atoms with Crippen molar-refractivity contribution in [3.8, 4) is 5.75 Å². The third-order valence-electron chi connectivity index (χ3n) is 9.39. The normalized spacial score (nSPS) is 23.2. The van der Waals surface area contributed by atoms with Gasteiger partial charge in [0, 0.05) is 50.6 Å². The Bertz CT molecular complexity index is 1290. The molecule has 244 valence electrons. The Labute approximate surface area is 262 Å². The standard InChI is InChI=1S/C34H42F3N3O5/c1-2-18-40(32(42)44-23-25-12-14-30(15-13-25)45-34(35,36)37)29-16-19-38(20-17-29)21-28-22-39(31(41)26-8-6-7-9-26)24-33(28,43)27-10-4-3-5-11-27/h2-5,10-15,26,28-29,43H,1,6-9,16-24H2/t28-,33-/m0/s1. The zero-order valence-corrected chi connectivity index (χ0v) is 25.5.